The van der Waals surface area contributed by atoms with Crippen LogP contribution >= 0.6 is 0 Å². The van der Waals surface area contributed by atoms with Crippen LogP contribution in [0.3, 0.4) is 0 Å². The van der Waals surface area contributed by atoms with Gasteiger partial charge in [-0.3, -0.25) is 92.6 Å². The van der Waals surface area contributed by atoms with Crippen LogP contribution in [0, 0.1) is 11.6 Å². The fourth-order valence-electron chi connectivity index (χ4n) is 16.7. The van der Waals surface area contributed by atoms with E-state index in [4.69, 9.17) is 24.7 Å². The Morgan fingerprint density at radius 2 is 0.859 bits per heavy atom. The lowest BCUT2D eigenvalue weighted by Gasteiger charge is -2.44. The number of piperazine rings is 2. The maximum absolute atomic E-state index is 15.5. The number of hydrogen-bond donors (Lipinski definition) is 9. The molecule has 8 heterocycles. The van der Waals surface area contributed by atoms with Crippen LogP contribution in [-0.2, 0) is 63.3 Å². The number of ether oxygens (including phenoxy) is 4. The molecule has 41 heteroatoms. The van der Waals surface area contributed by atoms with Crippen LogP contribution < -0.4 is 53.2 Å². The van der Waals surface area contributed by atoms with Crippen molar-refractivity contribution in [3.05, 3.63) is 233 Å². The third-order valence-corrected chi connectivity index (χ3v) is 24.0. The zero-order valence-electron chi connectivity index (χ0n) is 74.3. The van der Waals surface area contributed by atoms with Crippen molar-refractivity contribution in [1.29, 1.82) is 0 Å². The molecule has 0 bridgehead atoms. The van der Waals surface area contributed by atoms with Crippen molar-refractivity contribution in [2.45, 2.75) is 128 Å². The first-order valence-electron chi connectivity index (χ1n) is 43.5. The van der Waals surface area contributed by atoms with E-state index >= 15 is 4.39 Å². The summed E-state index contributed by atoms with van der Waals surface area (Å²) in [4.78, 5) is 189. The predicted molar refractivity (Wildman–Crippen MR) is 476 cm³/mol. The van der Waals surface area contributed by atoms with E-state index in [1.807, 2.05) is 57.7 Å². The van der Waals surface area contributed by atoms with Gasteiger partial charge in [-0.25, -0.2) is 13.6 Å². The number of aromatic carboxylic acids is 1. The summed E-state index contributed by atoms with van der Waals surface area (Å²) in [6, 6.07) is 25.3. The van der Waals surface area contributed by atoms with E-state index in [0.29, 0.717) is 144 Å². The van der Waals surface area contributed by atoms with E-state index in [1.165, 1.54) is 30.3 Å². The second-order valence-electron chi connectivity index (χ2n) is 33.1. The van der Waals surface area contributed by atoms with Gasteiger partial charge < -0.3 is 65.5 Å². The summed E-state index contributed by atoms with van der Waals surface area (Å²) in [7, 11) is 3.96. The number of nitrogens with two attached hydrogens (primary N) is 1. The van der Waals surface area contributed by atoms with Gasteiger partial charge in [-0.1, -0.05) is 36.4 Å². The highest BCUT2D eigenvalue weighted by Gasteiger charge is 2.48. The van der Waals surface area contributed by atoms with Crippen molar-refractivity contribution in [1.82, 2.24) is 45.5 Å². The molecule has 6 atom stereocenters. The number of rotatable bonds is 31. The van der Waals surface area contributed by atoms with Crippen molar-refractivity contribution in [2.75, 3.05) is 127 Å². The Morgan fingerprint density at radius 3 is 1.25 bits per heavy atom. The highest BCUT2D eigenvalue weighted by molar-refractivity contribution is 6.25. The molecule has 6 aliphatic heterocycles. The first-order chi connectivity index (χ1) is 64.2. The zero-order valence-corrected chi connectivity index (χ0v) is 74.3. The van der Waals surface area contributed by atoms with E-state index in [9.17, 15) is 103 Å². The Kier molecular flexibility index (Phi) is 32.8. The lowest BCUT2D eigenvalue weighted by molar-refractivity contribution is -0.138. The number of carboxylic acid groups (broad SMARTS) is 1. The number of carboxylic acids is 1. The molecule has 6 aliphatic rings. The zero-order chi connectivity index (χ0) is 97.6. The molecule has 135 heavy (non-hydrogen) atoms. The van der Waals surface area contributed by atoms with Gasteiger partial charge in [-0.15, -0.1) is 0 Å². The highest BCUT2D eigenvalue weighted by Crippen LogP contribution is 2.41. The number of amides is 11. The number of alkyl halides is 6. The number of H-pyrrole nitrogens is 2. The van der Waals surface area contributed by atoms with Gasteiger partial charge in [0.15, 0.2) is 0 Å². The molecule has 2 unspecified atom stereocenters. The van der Waals surface area contributed by atoms with Gasteiger partial charge >= 0.3 is 18.3 Å². The molecule has 8 aromatic rings. The minimum atomic E-state index is -5.00. The van der Waals surface area contributed by atoms with Gasteiger partial charge in [-0.05, 0) is 175 Å². The molecule has 4 saturated heterocycles. The third-order valence-electron chi connectivity index (χ3n) is 24.0. The van der Waals surface area contributed by atoms with Gasteiger partial charge in [0.1, 0.15) is 23.7 Å². The minimum absolute atomic E-state index is 0.00540. The molecule has 14 rings (SSSR count). The molecule has 0 radical (unpaired) electrons. The first-order valence-corrected chi connectivity index (χ1v) is 43.5. The van der Waals surface area contributed by atoms with Crippen LogP contribution in [-0.4, -0.2) is 248 Å². The van der Waals surface area contributed by atoms with Crippen LogP contribution in [0.2, 0.25) is 0 Å². The van der Waals surface area contributed by atoms with Gasteiger partial charge in [0.05, 0.1) is 112 Å². The van der Waals surface area contributed by atoms with Crippen molar-refractivity contribution >= 4 is 93.7 Å². The lowest BCUT2D eigenvalue weighted by Crippen LogP contribution is -2.55. The van der Waals surface area contributed by atoms with Crippen LogP contribution in [0.25, 0.3) is 22.3 Å². The summed E-state index contributed by atoms with van der Waals surface area (Å²) in [5, 5.41) is 21.5. The molecule has 2 aromatic heterocycles. The molecule has 4 fully saturated rings. The quantitative estimate of drug-likeness (QED) is 0.0111. The fraction of sp³-hybridized carbons (Fsp3) is 0.383. The number of pyridine rings is 2. The largest absolute Gasteiger partial charge is 0.478 e. The van der Waals surface area contributed by atoms with Gasteiger partial charge in [0, 0.05) is 131 Å². The third kappa shape index (κ3) is 24.0. The maximum Gasteiger partial charge on any atom is 0.417 e. The Bertz CT molecular complexity index is 5990. The predicted octanol–water partition coefficient (Wildman–Crippen LogP) is 9.47. The molecular weight excluding hydrogens is 1780 g/mol. The van der Waals surface area contributed by atoms with Gasteiger partial charge in [-0.2, -0.15) is 26.3 Å². The monoisotopic (exact) mass is 1880 g/mol. The number of carbonyl (C=O) groups is 12. The van der Waals surface area contributed by atoms with Crippen LogP contribution in [0.15, 0.2) is 143 Å². The molecule has 0 aliphatic carbocycles. The number of hydrogen-bond acceptors (Lipinski definition) is 23. The van der Waals surface area contributed by atoms with E-state index in [-0.39, 0.29) is 132 Å². The Morgan fingerprint density at radius 1 is 0.467 bits per heavy atom. The fourth-order valence-corrected chi connectivity index (χ4v) is 16.7. The number of benzene rings is 6. The Labute approximate surface area is 767 Å². The second kappa shape index (κ2) is 44.1. The topological polar surface area (TPSA) is 433 Å². The number of halogens is 8. The smallest absolute Gasteiger partial charge is 0.417 e. The number of aryl methyl sites for hydroxylation is 2. The molecular formula is C94H100F8N14O19. The summed E-state index contributed by atoms with van der Waals surface area (Å²) in [5.74, 6) is -9.73. The van der Waals surface area contributed by atoms with Crippen molar-refractivity contribution in [3.8, 4) is 22.3 Å². The van der Waals surface area contributed by atoms with E-state index < -0.39 is 140 Å². The number of aromatic nitrogens is 2. The van der Waals surface area contributed by atoms with Gasteiger partial charge in [0.2, 0.25) is 34.7 Å². The Hall–Kier alpha value is -13.6. The van der Waals surface area contributed by atoms with Crippen molar-refractivity contribution < 1.29 is 117 Å². The van der Waals surface area contributed by atoms with E-state index in [2.05, 4.69) is 46.4 Å². The number of aromatic amines is 2. The number of fused-ring (bicyclic) bond motifs is 2. The summed E-state index contributed by atoms with van der Waals surface area (Å²) in [6.45, 7) is 13.5. The molecule has 10 N–H and O–H groups in total. The molecule has 0 saturated carbocycles. The summed E-state index contributed by atoms with van der Waals surface area (Å²) in [6.07, 6.45) is -6.06. The number of anilines is 4. The average Bonchev–Trinajstić information content (AvgIpc) is 1.62. The lowest BCUT2D eigenvalue weighted by atomic mass is 9.99. The molecule has 6 aromatic carbocycles. The SMILES string of the molecule is C[C@@H]1CN(c2ccc(-c3cc(C(=O)NCCOCCOCCCc4cccc5c4C(=O)N(C4CCC(=O)NC4=O)C5=O)ccc3F)cc2NC(=O)c2c[nH]c(=O)cc2C(F)(F)F)C[C@H](C)N1C.C[C@@H]1CN(c2ccc(-c3cc(C(=O)O)ccc3F)cc2NC(=O)c2c[nH]c(=O)cc2C(F)(F)F)C[C@H](C)N1C.NCCOCCOCCCc1cccc2c1C(=O)N(C1CCC(=O)NC1=O)C2=O. The normalized spacial score (nSPS) is 18.7. The second-order valence-corrected chi connectivity index (χ2v) is 33.1. The first kappa shape index (κ1) is 100. The number of piperidine rings is 2. The number of carbonyl (C=O) groups excluding carboxylic acids is 11. The Balaban J connectivity index is 0.000000203. The van der Waals surface area contributed by atoms with Crippen LogP contribution in [0.4, 0.5) is 57.9 Å². The molecule has 0 spiro atoms. The minimum Gasteiger partial charge on any atom is -0.478 e. The molecule has 716 valence electrons. The van der Waals surface area contributed by atoms with Crippen molar-refractivity contribution in [3.63, 3.8) is 0 Å². The van der Waals surface area contributed by atoms with Gasteiger partial charge in [0.25, 0.3) is 41.4 Å². The van der Waals surface area contributed by atoms with Crippen LogP contribution in [0.1, 0.15) is 171 Å². The van der Waals surface area contributed by atoms with E-state index in [1.54, 1.807) is 48.5 Å². The summed E-state index contributed by atoms with van der Waals surface area (Å²) >= 11 is 0. The number of imide groups is 4. The summed E-state index contributed by atoms with van der Waals surface area (Å²) in [5.41, 5.74) is 2.84. The number of nitrogens with one attached hydrogen (secondary N) is 7. The van der Waals surface area contributed by atoms with Crippen LogP contribution in [0.5, 0.6) is 0 Å². The number of nitrogens with zero attached hydrogens (tertiary/aromatic N) is 6. The molecule has 11 amide bonds. The standard InChI is InChI=1S/C47H49F4N7O9.C27H26F4N4O4.C20H25N3O6/c1-26-24-57(25-27(2)56(26)3)37-12-10-29(21-36(37)54-43(62)33-23-53-40(60)22-34(33)47(49,50)51)32-20-30(9-11-35(32)48)42(61)52-15-17-67-19-18-66-16-5-7-28-6-4-8-31-41(28)46(65)58(45(31)64)38-13-14-39(59)55-44(38)63;1-14-12-35(13-15(2)34(14)3)23-7-5-16(18-8-17(26(38)39)4-6-21(18)28)9-22(23)33-25(37)19-11-32-24(36)10-20(19)27(29,30)31;21-8-10-29-12-11-28-9-2-4-13-3-1-5-14-17(13)20(27)23(19(14)26)15-6-7-16(24)22-18(15)25/h4,6,8-12,20-23,26-27,38H,5,7,13-19,24-25H2,1-3H3,(H,52,61)(H,53,60)(H,54,62)(H,55,59,63);4-11,14-15H,12-13H2,1-3H3,(H,32,36)(H,33,37)(H,38,39);1,3,5,15H,2,4,6-12,21H2,(H,22,24,25)/t26-,27+,38?;14-,15+;. The van der Waals surface area contributed by atoms with Crippen molar-refractivity contribution in [2.24, 2.45) is 5.73 Å². The highest BCUT2D eigenvalue weighted by atomic mass is 19.4. The molecule has 33 nitrogen and oxygen atoms in total. The average molecular weight is 1880 g/mol. The summed E-state index contributed by atoms with van der Waals surface area (Å²) < 4.78 is 135. The van der Waals surface area contributed by atoms with E-state index in [0.717, 1.165) is 39.6 Å². The number of likely N-dealkylation sites (N-methyl/N-ethyl adjacent to an activating group) is 2. The maximum atomic E-state index is 15.5.